The van der Waals surface area contributed by atoms with Gasteiger partial charge in [0.25, 0.3) is 0 Å². The molecule has 0 unspecified atom stereocenters. The van der Waals surface area contributed by atoms with Crippen LogP contribution in [0.1, 0.15) is 17.2 Å². The van der Waals surface area contributed by atoms with E-state index in [0.29, 0.717) is 6.54 Å². The molecule has 23 heavy (non-hydrogen) atoms. The van der Waals surface area contributed by atoms with Crippen LogP contribution in [0.5, 0.6) is 0 Å². The van der Waals surface area contributed by atoms with Crippen molar-refractivity contribution >= 4 is 27.9 Å². The Morgan fingerprint density at radius 1 is 1.13 bits per heavy atom. The molecule has 0 aliphatic heterocycles. The number of halogens is 1. The molecule has 6 heteroatoms. The van der Waals surface area contributed by atoms with Crippen LogP contribution in [0.15, 0.2) is 59.1 Å². The second-order valence-corrected chi connectivity index (χ2v) is 6.03. The van der Waals surface area contributed by atoms with Crippen LogP contribution in [-0.4, -0.2) is 23.9 Å². The van der Waals surface area contributed by atoms with E-state index in [2.05, 4.69) is 21.2 Å². The molecule has 0 aliphatic carbocycles. The Bertz CT molecular complexity index is 691. The number of hydrogen-bond donors (Lipinski definition) is 2. The van der Waals surface area contributed by atoms with Gasteiger partial charge in [0.15, 0.2) is 0 Å². The summed E-state index contributed by atoms with van der Waals surface area (Å²) in [4.78, 5) is 25.3. The Kier molecular flexibility index (Phi) is 5.90. The number of rotatable bonds is 5. The highest BCUT2D eigenvalue weighted by Gasteiger charge is 2.26. The highest BCUT2D eigenvalue weighted by atomic mass is 79.9. The number of nitrogens with one attached hydrogen (secondary N) is 1. The summed E-state index contributed by atoms with van der Waals surface area (Å²) in [5.74, 6) is -0.446. The van der Waals surface area contributed by atoms with E-state index in [1.807, 2.05) is 66.5 Å². The maximum absolute atomic E-state index is 12.4. The molecule has 2 aromatic rings. The Morgan fingerprint density at radius 2 is 1.74 bits per heavy atom. The number of primary amides is 1. The third-order valence-electron chi connectivity index (χ3n) is 3.43. The SMILES string of the molecule is CN(Cc1ccccc1Br)[C@H](C(=O)NC(N)=O)c1ccccc1. The molecule has 0 saturated carbocycles. The van der Waals surface area contributed by atoms with E-state index in [9.17, 15) is 9.59 Å². The van der Waals surface area contributed by atoms with Crippen LogP contribution < -0.4 is 11.1 Å². The normalized spacial score (nSPS) is 12.0. The van der Waals surface area contributed by atoms with Crippen LogP contribution in [-0.2, 0) is 11.3 Å². The second-order valence-electron chi connectivity index (χ2n) is 5.17. The highest BCUT2D eigenvalue weighted by molar-refractivity contribution is 9.10. The number of urea groups is 1. The van der Waals surface area contributed by atoms with E-state index >= 15 is 0 Å². The molecule has 120 valence electrons. The van der Waals surface area contributed by atoms with Gasteiger partial charge in [0.2, 0.25) is 5.91 Å². The minimum atomic E-state index is -0.856. The first kappa shape index (κ1) is 17.2. The first-order valence-electron chi connectivity index (χ1n) is 7.08. The zero-order valence-electron chi connectivity index (χ0n) is 12.7. The molecule has 2 aromatic carbocycles. The summed E-state index contributed by atoms with van der Waals surface area (Å²) < 4.78 is 0.967. The third-order valence-corrected chi connectivity index (χ3v) is 4.20. The fourth-order valence-electron chi connectivity index (χ4n) is 2.42. The molecule has 0 aliphatic rings. The van der Waals surface area contributed by atoms with Gasteiger partial charge < -0.3 is 5.73 Å². The largest absolute Gasteiger partial charge is 0.351 e. The maximum Gasteiger partial charge on any atom is 0.318 e. The van der Waals surface area contributed by atoms with Gasteiger partial charge in [-0.05, 0) is 24.2 Å². The van der Waals surface area contributed by atoms with Gasteiger partial charge in [0, 0.05) is 11.0 Å². The number of likely N-dealkylation sites (N-methyl/N-ethyl adjacent to an activating group) is 1. The second kappa shape index (κ2) is 7.89. The molecule has 0 saturated heterocycles. The molecule has 1 atom stereocenters. The molecule has 5 nitrogen and oxygen atoms in total. The summed E-state index contributed by atoms with van der Waals surface area (Å²) >= 11 is 3.51. The standard InChI is InChI=1S/C17H18BrN3O2/c1-21(11-13-9-5-6-10-14(13)18)15(16(22)20-17(19)23)12-7-3-2-4-8-12/h2-10,15H,11H2,1H3,(H3,19,20,22,23)/t15-/m0/s1. The van der Waals surface area contributed by atoms with Crippen LogP contribution in [0, 0.1) is 0 Å². The molecule has 0 spiro atoms. The predicted molar refractivity (Wildman–Crippen MR) is 92.5 cm³/mol. The average molecular weight is 376 g/mol. The number of nitrogens with two attached hydrogens (primary N) is 1. The van der Waals surface area contributed by atoms with E-state index < -0.39 is 18.0 Å². The summed E-state index contributed by atoms with van der Waals surface area (Å²) in [6, 6.07) is 15.6. The van der Waals surface area contributed by atoms with Gasteiger partial charge in [-0.2, -0.15) is 0 Å². The highest BCUT2D eigenvalue weighted by Crippen LogP contribution is 2.24. The fourth-order valence-corrected chi connectivity index (χ4v) is 2.83. The minimum absolute atomic E-state index is 0.446. The third kappa shape index (κ3) is 4.64. The Balaban J connectivity index is 2.27. The monoisotopic (exact) mass is 375 g/mol. The van der Waals surface area contributed by atoms with Crippen LogP contribution >= 0.6 is 15.9 Å². The minimum Gasteiger partial charge on any atom is -0.351 e. The van der Waals surface area contributed by atoms with Gasteiger partial charge in [0.05, 0.1) is 0 Å². The average Bonchev–Trinajstić information content (AvgIpc) is 2.50. The van der Waals surface area contributed by atoms with Gasteiger partial charge in [0.1, 0.15) is 6.04 Å². The summed E-state index contributed by atoms with van der Waals surface area (Å²) in [5.41, 5.74) is 6.93. The quantitative estimate of drug-likeness (QED) is 0.843. The summed E-state index contributed by atoms with van der Waals surface area (Å²) in [6.45, 7) is 0.535. The fraction of sp³-hybridized carbons (Fsp3) is 0.176. The van der Waals surface area contributed by atoms with E-state index in [4.69, 9.17) is 5.73 Å². The molecule has 3 amide bonds. The molecule has 0 bridgehead atoms. The molecule has 0 radical (unpaired) electrons. The molecule has 3 N–H and O–H groups in total. The van der Waals surface area contributed by atoms with Crippen LogP contribution in [0.25, 0.3) is 0 Å². The lowest BCUT2D eigenvalue weighted by Gasteiger charge is -2.27. The molecule has 2 rings (SSSR count). The predicted octanol–water partition coefficient (Wildman–Crippen LogP) is 2.82. The number of nitrogens with zero attached hydrogens (tertiary/aromatic N) is 1. The smallest absolute Gasteiger partial charge is 0.318 e. The van der Waals surface area contributed by atoms with Crippen molar-refractivity contribution in [3.63, 3.8) is 0 Å². The van der Waals surface area contributed by atoms with Crippen molar-refractivity contribution in [1.82, 2.24) is 10.2 Å². The zero-order chi connectivity index (χ0) is 16.8. The molecular formula is C17H18BrN3O2. The number of carbonyl (C=O) groups is 2. The van der Waals surface area contributed by atoms with Gasteiger partial charge in [-0.25, -0.2) is 4.79 Å². The number of carbonyl (C=O) groups excluding carboxylic acids is 2. The van der Waals surface area contributed by atoms with E-state index in [-0.39, 0.29) is 0 Å². The van der Waals surface area contributed by atoms with Gasteiger partial charge in [-0.1, -0.05) is 64.5 Å². The Morgan fingerprint density at radius 3 is 2.35 bits per heavy atom. The number of benzene rings is 2. The molecule has 0 aromatic heterocycles. The molecule has 0 fully saturated rings. The number of hydrogen-bond acceptors (Lipinski definition) is 3. The van der Waals surface area contributed by atoms with Gasteiger partial charge in [-0.15, -0.1) is 0 Å². The van der Waals surface area contributed by atoms with Crippen molar-refractivity contribution < 1.29 is 9.59 Å². The van der Waals surface area contributed by atoms with Gasteiger partial charge >= 0.3 is 6.03 Å². The lowest BCUT2D eigenvalue weighted by Crippen LogP contribution is -2.43. The molecule has 0 heterocycles. The van der Waals surface area contributed by atoms with Crippen molar-refractivity contribution in [2.24, 2.45) is 5.73 Å². The topological polar surface area (TPSA) is 75.4 Å². The van der Waals surface area contributed by atoms with Crippen LogP contribution in [0.3, 0.4) is 0 Å². The Hall–Kier alpha value is -2.18. The van der Waals surface area contributed by atoms with Gasteiger partial charge in [-0.3, -0.25) is 15.0 Å². The van der Waals surface area contributed by atoms with Crippen molar-refractivity contribution in [2.45, 2.75) is 12.6 Å². The van der Waals surface area contributed by atoms with E-state index in [1.165, 1.54) is 0 Å². The van der Waals surface area contributed by atoms with Crippen molar-refractivity contribution in [2.75, 3.05) is 7.05 Å². The first-order valence-corrected chi connectivity index (χ1v) is 7.87. The van der Waals surface area contributed by atoms with Crippen molar-refractivity contribution in [3.8, 4) is 0 Å². The maximum atomic E-state index is 12.4. The summed E-state index contributed by atoms with van der Waals surface area (Å²) in [7, 11) is 1.83. The van der Waals surface area contributed by atoms with Crippen LogP contribution in [0.2, 0.25) is 0 Å². The summed E-state index contributed by atoms with van der Waals surface area (Å²) in [6.07, 6.45) is 0. The summed E-state index contributed by atoms with van der Waals surface area (Å²) in [5, 5.41) is 2.17. The van der Waals surface area contributed by atoms with Crippen molar-refractivity contribution in [3.05, 3.63) is 70.2 Å². The van der Waals surface area contributed by atoms with Crippen LogP contribution in [0.4, 0.5) is 4.79 Å². The van der Waals surface area contributed by atoms with E-state index in [1.54, 1.807) is 0 Å². The number of imide groups is 1. The lowest BCUT2D eigenvalue weighted by atomic mass is 10.0. The molecular weight excluding hydrogens is 358 g/mol. The lowest BCUT2D eigenvalue weighted by molar-refractivity contribution is -0.125. The van der Waals surface area contributed by atoms with E-state index in [0.717, 1.165) is 15.6 Å². The number of amides is 3. The first-order chi connectivity index (χ1) is 11.0. The van der Waals surface area contributed by atoms with Crippen molar-refractivity contribution in [1.29, 1.82) is 0 Å². The Labute approximate surface area is 143 Å². The zero-order valence-corrected chi connectivity index (χ0v) is 14.3.